The third-order valence-corrected chi connectivity index (χ3v) is 4.01. The van der Waals surface area contributed by atoms with Gasteiger partial charge in [-0.3, -0.25) is 0 Å². The number of hydrogen-bond donors (Lipinski definition) is 0. The summed E-state index contributed by atoms with van der Waals surface area (Å²) in [5, 5.41) is 1.29. The van der Waals surface area contributed by atoms with Gasteiger partial charge in [0.2, 0.25) is 6.79 Å². The lowest BCUT2D eigenvalue weighted by atomic mass is 10.1. The van der Waals surface area contributed by atoms with Crippen LogP contribution in [0.2, 0.25) is 0 Å². The zero-order valence-corrected chi connectivity index (χ0v) is 10.2. The molecule has 2 aliphatic rings. The number of hydrogen-bond acceptors (Lipinski definition) is 2. The first-order chi connectivity index (χ1) is 9.40. The van der Waals surface area contributed by atoms with Crippen molar-refractivity contribution in [2.45, 2.75) is 6.54 Å². The largest absolute Gasteiger partial charge is 0.454 e. The second-order valence-corrected chi connectivity index (χ2v) is 5.04. The average Bonchev–Trinajstić information content (AvgIpc) is 3.09. The Hall–Kier alpha value is -2.42. The fourth-order valence-corrected chi connectivity index (χ4v) is 3.13. The molecule has 3 heteroatoms. The van der Waals surface area contributed by atoms with Gasteiger partial charge < -0.3 is 14.0 Å². The topological polar surface area (TPSA) is 23.4 Å². The summed E-state index contributed by atoms with van der Waals surface area (Å²) in [6.07, 6.45) is 0. The van der Waals surface area contributed by atoms with Gasteiger partial charge in [0.15, 0.2) is 11.5 Å². The minimum absolute atomic E-state index is 0.335. The molecule has 3 nitrogen and oxygen atoms in total. The van der Waals surface area contributed by atoms with Gasteiger partial charge in [0.05, 0.1) is 0 Å². The highest BCUT2D eigenvalue weighted by molar-refractivity contribution is 5.90. The van der Waals surface area contributed by atoms with E-state index in [1.54, 1.807) is 0 Å². The maximum Gasteiger partial charge on any atom is 0.231 e. The molecule has 92 valence electrons. The van der Waals surface area contributed by atoms with Crippen LogP contribution in [0.4, 0.5) is 0 Å². The first-order valence-corrected chi connectivity index (χ1v) is 6.41. The molecule has 1 aromatic heterocycles. The predicted molar refractivity (Wildman–Crippen MR) is 72.6 cm³/mol. The molecule has 0 spiro atoms. The lowest BCUT2D eigenvalue weighted by molar-refractivity contribution is 0.174. The molecule has 0 N–H and O–H groups in total. The SMILES string of the molecule is c1ccc2c(c1)cc1n2Cc2cc3c(cc2-1)OCO3. The van der Waals surface area contributed by atoms with Crippen molar-refractivity contribution in [1.29, 1.82) is 0 Å². The number of rotatable bonds is 0. The number of para-hydroxylation sites is 1. The quantitative estimate of drug-likeness (QED) is 0.477. The van der Waals surface area contributed by atoms with Gasteiger partial charge >= 0.3 is 0 Å². The molecule has 0 unspecified atom stereocenters. The molecule has 0 bridgehead atoms. The van der Waals surface area contributed by atoms with E-state index in [1.165, 1.54) is 27.7 Å². The molecule has 0 amide bonds. The highest BCUT2D eigenvalue weighted by Crippen LogP contribution is 2.44. The van der Waals surface area contributed by atoms with Crippen LogP contribution in [0.3, 0.4) is 0 Å². The van der Waals surface area contributed by atoms with Crippen LogP contribution in [0, 0.1) is 0 Å². The van der Waals surface area contributed by atoms with Gasteiger partial charge in [-0.05, 0) is 29.8 Å². The lowest BCUT2D eigenvalue weighted by Gasteiger charge is -2.01. The highest BCUT2D eigenvalue weighted by atomic mass is 16.7. The Labute approximate surface area is 110 Å². The summed E-state index contributed by atoms with van der Waals surface area (Å²) in [7, 11) is 0. The van der Waals surface area contributed by atoms with Crippen molar-refractivity contribution < 1.29 is 9.47 Å². The van der Waals surface area contributed by atoms with E-state index in [9.17, 15) is 0 Å². The number of benzene rings is 2. The maximum atomic E-state index is 5.48. The van der Waals surface area contributed by atoms with Crippen LogP contribution in [0.15, 0.2) is 42.5 Å². The summed E-state index contributed by atoms with van der Waals surface area (Å²) < 4.78 is 13.3. The number of fused-ring (bicyclic) bond motifs is 6. The Morgan fingerprint density at radius 3 is 2.74 bits per heavy atom. The molecule has 2 aliphatic heterocycles. The van der Waals surface area contributed by atoms with Crippen molar-refractivity contribution in [3.05, 3.63) is 48.0 Å². The van der Waals surface area contributed by atoms with Crippen molar-refractivity contribution >= 4 is 10.9 Å². The second kappa shape index (κ2) is 3.12. The molecule has 0 saturated heterocycles. The molecule has 0 radical (unpaired) electrons. The van der Waals surface area contributed by atoms with Gasteiger partial charge in [0.1, 0.15) is 0 Å². The van der Waals surface area contributed by atoms with E-state index < -0.39 is 0 Å². The Kier molecular flexibility index (Phi) is 1.56. The molecule has 0 fully saturated rings. The summed E-state index contributed by atoms with van der Waals surface area (Å²) in [6, 6.07) is 15.0. The lowest BCUT2D eigenvalue weighted by Crippen LogP contribution is -1.93. The Bertz CT molecular complexity index is 832. The summed E-state index contributed by atoms with van der Waals surface area (Å²) in [5.41, 5.74) is 5.13. The smallest absolute Gasteiger partial charge is 0.231 e. The molecule has 19 heavy (non-hydrogen) atoms. The first-order valence-electron chi connectivity index (χ1n) is 6.41. The molecule has 0 aliphatic carbocycles. The van der Waals surface area contributed by atoms with Crippen LogP contribution >= 0.6 is 0 Å². The minimum Gasteiger partial charge on any atom is -0.454 e. The molecular formula is C16H11NO2. The van der Waals surface area contributed by atoms with Crippen LogP contribution in [0.25, 0.3) is 22.2 Å². The fraction of sp³-hybridized carbons (Fsp3) is 0.125. The fourth-order valence-electron chi connectivity index (χ4n) is 3.13. The zero-order chi connectivity index (χ0) is 12.4. The van der Waals surface area contributed by atoms with Gasteiger partial charge in [-0.2, -0.15) is 0 Å². The van der Waals surface area contributed by atoms with Crippen LogP contribution < -0.4 is 9.47 Å². The summed E-state index contributed by atoms with van der Waals surface area (Å²) in [6.45, 7) is 1.25. The predicted octanol–water partition coefficient (Wildman–Crippen LogP) is 3.40. The van der Waals surface area contributed by atoms with Crippen LogP contribution in [0.1, 0.15) is 5.56 Å². The van der Waals surface area contributed by atoms with E-state index in [0.29, 0.717) is 6.79 Å². The van der Waals surface area contributed by atoms with Crippen molar-refractivity contribution in [2.24, 2.45) is 0 Å². The molecule has 5 rings (SSSR count). The Morgan fingerprint density at radius 1 is 0.947 bits per heavy atom. The minimum atomic E-state index is 0.335. The van der Waals surface area contributed by atoms with E-state index >= 15 is 0 Å². The third-order valence-electron chi connectivity index (χ3n) is 4.01. The van der Waals surface area contributed by atoms with Gasteiger partial charge in [0.25, 0.3) is 0 Å². The van der Waals surface area contributed by atoms with Crippen LogP contribution in [0.5, 0.6) is 11.5 Å². The van der Waals surface area contributed by atoms with Gasteiger partial charge in [-0.15, -0.1) is 0 Å². The molecule has 0 saturated carbocycles. The zero-order valence-electron chi connectivity index (χ0n) is 10.2. The monoisotopic (exact) mass is 249 g/mol. The Balaban J connectivity index is 1.82. The molecule has 0 atom stereocenters. The van der Waals surface area contributed by atoms with Crippen molar-refractivity contribution in [1.82, 2.24) is 4.57 Å². The number of ether oxygens (including phenoxy) is 2. The highest BCUT2D eigenvalue weighted by Gasteiger charge is 2.25. The third kappa shape index (κ3) is 1.12. The Morgan fingerprint density at radius 2 is 1.79 bits per heavy atom. The van der Waals surface area contributed by atoms with E-state index in [0.717, 1.165) is 18.0 Å². The molecular weight excluding hydrogens is 238 g/mol. The molecule has 3 aromatic rings. The van der Waals surface area contributed by atoms with Gasteiger partial charge in [0, 0.05) is 28.7 Å². The number of nitrogens with zero attached hydrogens (tertiary/aromatic N) is 1. The van der Waals surface area contributed by atoms with E-state index in [1.807, 2.05) is 0 Å². The summed E-state index contributed by atoms with van der Waals surface area (Å²) in [4.78, 5) is 0. The van der Waals surface area contributed by atoms with E-state index in [-0.39, 0.29) is 0 Å². The normalized spacial score (nSPS) is 14.7. The summed E-state index contributed by atoms with van der Waals surface area (Å²) in [5.74, 6) is 1.73. The van der Waals surface area contributed by atoms with Gasteiger partial charge in [-0.1, -0.05) is 18.2 Å². The van der Waals surface area contributed by atoms with Crippen molar-refractivity contribution in [3.63, 3.8) is 0 Å². The number of aromatic nitrogens is 1. The van der Waals surface area contributed by atoms with E-state index in [2.05, 4.69) is 47.0 Å². The van der Waals surface area contributed by atoms with Crippen LogP contribution in [-0.4, -0.2) is 11.4 Å². The van der Waals surface area contributed by atoms with Crippen molar-refractivity contribution in [3.8, 4) is 22.8 Å². The summed E-state index contributed by atoms with van der Waals surface area (Å²) >= 11 is 0. The molecule has 2 aromatic carbocycles. The molecule has 3 heterocycles. The van der Waals surface area contributed by atoms with Crippen LogP contribution in [-0.2, 0) is 6.54 Å². The second-order valence-electron chi connectivity index (χ2n) is 5.04. The first kappa shape index (κ1) is 9.50. The maximum absolute atomic E-state index is 5.48. The average molecular weight is 249 g/mol. The van der Waals surface area contributed by atoms with E-state index in [4.69, 9.17) is 9.47 Å². The van der Waals surface area contributed by atoms with Gasteiger partial charge in [-0.25, -0.2) is 0 Å². The standard InChI is InChI=1S/C16H11NO2/c1-2-4-13-10(3-1)5-14-12-7-16-15(18-9-19-16)6-11(12)8-17(13)14/h1-7H,8-9H2. The van der Waals surface area contributed by atoms with Crippen molar-refractivity contribution in [2.75, 3.05) is 6.79 Å².